The molecule has 90 valence electrons. The van der Waals surface area contributed by atoms with Crippen molar-refractivity contribution in [1.82, 2.24) is 0 Å². The number of aryl methyl sites for hydroxylation is 1. The van der Waals surface area contributed by atoms with Gasteiger partial charge >= 0.3 is 5.00 Å². The summed E-state index contributed by atoms with van der Waals surface area (Å²) in [4.78, 5) is 10.8. The lowest BCUT2D eigenvalue weighted by atomic mass is 10.1. The molecule has 0 amide bonds. The van der Waals surface area contributed by atoms with E-state index in [1.165, 1.54) is 11.6 Å². The molecule has 0 N–H and O–H groups in total. The van der Waals surface area contributed by atoms with Crippen molar-refractivity contribution in [2.45, 2.75) is 13.3 Å². The molecule has 0 aliphatic carbocycles. The number of benzene rings is 1. The van der Waals surface area contributed by atoms with Gasteiger partial charge in [-0.25, -0.2) is 0 Å². The van der Waals surface area contributed by atoms with E-state index >= 15 is 0 Å². The lowest BCUT2D eigenvalue weighted by Crippen LogP contribution is -1.80. The van der Waals surface area contributed by atoms with Crippen LogP contribution in [0, 0.1) is 22.0 Å². The molecule has 0 radical (unpaired) electrons. The zero-order chi connectivity index (χ0) is 13.0. The Morgan fingerprint density at radius 2 is 1.89 bits per heavy atom. The fourth-order valence-electron chi connectivity index (χ4n) is 1.45. The van der Waals surface area contributed by atoms with E-state index in [0.29, 0.717) is 4.88 Å². The molecule has 0 spiro atoms. The molecule has 2 rings (SSSR count). The molecular weight excluding hydrogens is 246 g/mol. The summed E-state index contributed by atoms with van der Waals surface area (Å²) < 4.78 is 0. The lowest BCUT2D eigenvalue weighted by Gasteiger charge is -1.94. The summed E-state index contributed by atoms with van der Waals surface area (Å²) in [7, 11) is 0. The molecule has 0 aliphatic rings. The number of thiophene rings is 1. The molecule has 4 heteroatoms. The Hall–Kier alpha value is -2.12. The maximum atomic E-state index is 10.5. The van der Waals surface area contributed by atoms with Gasteiger partial charge in [0, 0.05) is 11.6 Å². The average Bonchev–Trinajstić information content (AvgIpc) is 2.86. The van der Waals surface area contributed by atoms with E-state index in [4.69, 9.17) is 0 Å². The standard InChI is InChI=1S/C14H11NO2S/c1-2-11-3-5-12(6-4-11)7-8-13-9-10-14(18-13)15(16)17/h3-6,9-10H,2H2,1H3. The van der Waals surface area contributed by atoms with Gasteiger partial charge in [0.1, 0.15) is 0 Å². The first-order valence-electron chi connectivity index (χ1n) is 5.54. The van der Waals surface area contributed by atoms with Crippen LogP contribution in [0.1, 0.15) is 22.9 Å². The van der Waals surface area contributed by atoms with Gasteiger partial charge in [-0.2, -0.15) is 0 Å². The van der Waals surface area contributed by atoms with Crippen LogP contribution in [0.3, 0.4) is 0 Å². The van der Waals surface area contributed by atoms with E-state index in [1.807, 2.05) is 24.3 Å². The predicted octanol–water partition coefficient (Wildman–Crippen LogP) is 3.62. The van der Waals surface area contributed by atoms with Crippen LogP contribution in [0.25, 0.3) is 0 Å². The summed E-state index contributed by atoms with van der Waals surface area (Å²) in [5.74, 6) is 5.94. The predicted molar refractivity (Wildman–Crippen MR) is 72.8 cm³/mol. The summed E-state index contributed by atoms with van der Waals surface area (Å²) in [5, 5.41) is 10.7. The minimum absolute atomic E-state index is 0.126. The van der Waals surface area contributed by atoms with E-state index in [1.54, 1.807) is 6.07 Å². The van der Waals surface area contributed by atoms with Gasteiger partial charge < -0.3 is 0 Å². The van der Waals surface area contributed by atoms with Crippen molar-refractivity contribution in [2.75, 3.05) is 0 Å². The van der Waals surface area contributed by atoms with Crippen LogP contribution in [0.15, 0.2) is 36.4 Å². The number of hydrogen-bond donors (Lipinski definition) is 0. The fraction of sp³-hybridized carbons (Fsp3) is 0.143. The van der Waals surface area contributed by atoms with Crippen molar-refractivity contribution < 1.29 is 4.92 Å². The van der Waals surface area contributed by atoms with Crippen molar-refractivity contribution in [2.24, 2.45) is 0 Å². The molecule has 0 fully saturated rings. The Kier molecular flexibility index (Phi) is 3.75. The molecule has 0 unspecified atom stereocenters. The third-order valence-electron chi connectivity index (χ3n) is 2.46. The summed E-state index contributed by atoms with van der Waals surface area (Å²) >= 11 is 1.10. The second-order valence-electron chi connectivity index (χ2n) is 3.70. The molecule has 0 bridgehead atoms. The molecule has 1 aromatic heterocycles. The molecule has 2 aromatic rings. The number of rotatable bonds is 2. The highest BCUT2D eigenvalue weighted by molar-refractivity contribution is 7.15. The van der Waals surface area contributed by atoms with Crippen LogP contribution < -0.4 is 0 Å². The topological polar surface area (TPSA) is 43.1 Å². The SMILES string of the molecule is CCc1ccc(C#Cc2ccc([N+](=O)[O-])s2)cc1. The molecule has 0 aliphatic heterocycles. The quantitative estimate of drug-likeness (QED) is 0.468. The number of nitro groups is 1. The highest BCUT2D eigenvalue weighted by Crippen LogP contribution is 2.22. The van der Waals surface area contributed by atoms with E-state index < -0.39 is 4.92 Å². The first kappa shape index (κ1) is 12.3. The van der Waals surface area contributed by atoms with E-state index in [2.05, 4.69) is 18.8 Å². The largest absolute Gasteiger partial charge is 0.325 e. The van der Waals surface area contributed by atoms with Crippen LogP contribution in [0.4, 0.5) is 5.00 Å². The summed E-state index contributed by atoms with van der Waals surface area (Å²) in [6.07, 6.45) is 1.00. The highest BCUT2D eigenvalue weighted by Gasteiger charge is 2.07. The van der Waals surface area contributed by atoms with Crippen LogP contribution >= 0.6 is 11.3 Å². The zero-order valence-electron chi connectivity index (χ0n) is 9.84. The lowest BCUT2D eigenvalue weighted by molar-refractivity contribution is -0.380. The summed E-state index contributed by atoms with van der Waals surface area (Å²) in [6, 6.07) is 11.2. The second kappa shape index (κ2) is 5.48. The number of hydrogen-bond acceptors (Lipinski definition) is 3. The Balaban J connectivity index is 2.17. The monoisotopic (exact) mass is 257 g/mol. The molecule has 18 heavy (non-hydrogen) atoms. The van der Waals surface area contributed by atoms with Crippen LogP contribution in [0.2, 0.25) is 0 Å². The van der Waals surface area contributed by atoms with Gasteiger partial charge in [0.25, 0.3) is 0 Å². The minimum atomic E-state index is -0.397. The maximum Gasteiger partial charge on any atom is 0.325 e. The summed E-state index contributed by atoms with van der Waals surface area (Å²) in [5.41, 5.74) is 2.19. The zero-order valence-corrected chi connectivity index (χ0v) is 10.7. The van der Waals surface area contributed by atoms with Gasteiger partial charge in [-0.3, -0.25) is 10.1 Å². The van der Waals surface area contributed by atoms with E-state index in [9.17, 15) is 10.1 Å². The van der Waals surface area contributed by atoms with Crippen LogP contribution in [-0.4, -0.2) is 4.92 Å². The van der Waals surface area contributed by atoms with Crippen molar-refractivity contribution in [3.63, 3.8) is 0 Å². The highest BCUT2D eigenvalue weighted by atomic mass is 32.1. The first-order chi connectivity index (χ1) is 8.69. The molecule has 3 nitrogen and oxygen atoms in total. The van der Waals surface area contributed by atoms with E-state index in [0.717, 1.165) is 23.3 Å². The summed E-state index contributed by atoms with van der Waals surface area (Å²) in [6.45, 7) is 2.10. The van der Waals surface area contributed by atoms with Crippen molar-refractivity contribution in [1.29, 1.82) is 0 Å². The van der Waals surface area contributed by atoms with Gasteiger partial charge in [-0.15, -0.1) is 0 Å². The second-order valence-corrected chi connectivity index (χ2v) is 4.76. The van der Waals surface area contributed by atoms with Crippen LogP contribution in [0.5, 0.6) is 0 Å². The fourth-order valence-corrected chi connectivity index (χ4v) is 2.12. The van der Waals surface area contributed by atoms with Crippen molar-refractivity contribution in [3.8, 4) is 11.8 Å². The van der Waals surface area contributed by atoms with Gasteiger partial charge in [0.05, 0.1) is 9.80 Å². The Morgan fingerprint density at radius 1 is 1.17 bits per heavy atom. The van der Waals surface area contributed by atoms with Gasteiger partial charge in [-0.05, 0) is 30.2 Å². The normalized spacial score (nSPS) is 9.61. The third-order valence-corrected chi connectivity index (χ3v) is 3.42. The molecule has 1 aromatic carbocycles. The molecule has 0 atom stereocenters. The first-order valence-corrected chi connectivity index (χ1v) is 6.36. The van der Waals surface area contributed by atoms with Gasteiger partial charge in [0.15, 0.2) is 0 Å². The Bertz CT molecular complexity index is 617. The Morgan fingerprint density at radius 3 is 2.44 bits per heavy atom. The molecule has 1 heterocycles. The van der Waals surface area contributed by atoms with Gasteiger partial charge in [0.2, 0.25) is 0 Å². The number of nitrogens with zero attached hydrogens (tertiary/aromatic N) is 1. The maximum absolute atomic E-state index is 10.5. The Labute approximate surface area is 109 Å². The molecule has 0 saturated heterocycles. The minimum Gasteiger partial charge on any atom is -0.258 e. The van der Waals surface area contributed by atoms with Crippen molar-refractivity contribution in [3.05, 3.63) is 62.5 Å². The molecule has 0 saturated carbocycles. The van der Waals surface area contributed by atoms with Crippen molar-refractivity contribution >= 4 is 16.3 Å². The molecular formula is C14H11NO2S. The third kappa shape index (κ3) is 2.96. The van der Waals surface area contributed by atoms with Gasteiger partial charge in [-0.1, -0.05) is 42.2 Å². The van der Waals surface area contributed by atoms with Crippen LogP contribution in [-0.2, 0) is 6.42 Å². The van der Waals surface area contributed by atoms with E-state index in [-0.39, 0.29) is 5.00 Å². The average molecular weight is 257 g/mol. The smallest absolute Gasteiger partial charge is 0.258 e.